The quantitative estimate of drug-likeness (QED) is 0.105. The molecule has 2 fully saturated rings. The zero-order valence-corrected chi connectivity index (χ0v) is 35.4. The molecule has 2 aliphatic heterocycles. The third-order valence-electron chi connectivity index (χ3n) is 11.5. The molecule has 4 aromatic carbocycles. The first kappa shape index (κ1) is 40.1. The van der Waals surface area contributed by atoms with Crippen molar-refractivity contribution >= 4 is 39.7 Å². The number of carbonyl (C=O) groups excluding carboxylic acids is 2. The van der Waals surface area contributed by atoms with Gasteiger partial charge in [0.2, 0.25) is 5.91 Å². The molecule has 0 spiro atoms. The fraction of sp³-hybridized carbons (Fsp3) is 0.180. The van der Waals surface area contributed by atoms with Crippen LogP contribution in [-0.4, -0.2) is 108 Å². The van der Waals surface area contributed by atoms with E-state index in [2.05, 4.69) is 26.2 Å². The van der Waals surface area contributed by atoms with Gasteiger partial charge in [0.1, 0.15) is 34.0 Å². The second-order valence-electron chi connectivity index (χ2n) is 16.2. The lowest BCUT2D eigenvalue weighted by atomic mass is 10.0. The second-order valence-corrected chi connectivity index (χ2v) is 16.2. The van der Waals surface area contributed by atoms with Crippen LogP contribution in [0.4, 0.5) is 0 Å². The van der Waals surface area contributed by atoms with Gasteiger partial charge in [-0.05, 0) is 98.5 Å². The predicted molar refractivity (Wildman–Crippen MR) is 245 cm³/mol. The molecule has 0 N–H and O–H groups in total. The zero-order chi connectivity index (χ0) is 43.7. The maximum absolute atomic E-state index is 13.7. The molecule has 0 radical (unpaired) electrons. The first-order valence-corrected chi connectivity index (χ1v) is 21.1. The highest BCUT2D eigenvalue weighted by molar-refractivity contribution is 6.19. The van der Waals surface area contributed by atoms with Crippen LogP contribution in [0.5, 0.6) is 23.0 Å². The number of rotatable bonds is 13. The summed E-state index contributed by atoms with van der Waals surface area (Å²) < 4.78 is 16.2. The third-order valence-corrected chi connectivity index (χ3v) is 11.5. The van der Waals surface area contributed by atoms with Crippen LogP contribution >= 0.6 is 0 Å². The molecule has 2 saturated heterocycles. The Balaban J connectivity index is 0.748. The summed E-state index contributed by atoms with van der Waals surface area (Å²) in [5.74, 6) is 2.58. The van der Waals surface area contributed by atoms with Crippen molar-refractivity contribution in [2.24, 2.45) is 0 Å². The first-order chi connectivity index (χ1) is 31.2. The Bertz CT molecular complexity index is 3040. The van der Waals surface area contributed by atoms with Gasteiger partial charge in [-0.3, -0.25) is 14.6 Å². The van der Waals surface area contributed by atoms with Crippen molar-refractivity contribution in [3.63, 3.8) is 0 Å². The van der Waals surface area contributed by atoms with E-state index in [1.807, 2.05) is 150 Å². The Morgan fingerprint density at radius 1 is 0.688 bits per heavy atom. The number of para-hydroxylation sites is 1. The van der Waals surface area contributed by atoms with E-state index in [4.69, 9.17) is 19.4 Å². The molecule has 0 saturated carbocycles. The van der Waals surface area contributed by atoms with Gasteiger partial charge in [-0.15, -0.1) is 0 Å². The molecule has 4 aromatic heterocycles. The lowest BCUT2D eigenvalue weighted by molar-refractivity contribution is -0.131. The Kier molecular flexibility index (Phi) is 10.7. The molecular formula is C50H44N10O4. The number of aromatic nitrogens is 7. The molecule has 0 aliphatic carbocycles. The third kappa shape index (κ3) is 8.21. The summed E-state index contributed by atoms with van der Waals surface area (Å²) in [6.07, 6.45) is 10.8. The highest BCUT2D eigenvalue weighted by Gasteiger charge is 2.35. The predicted octanol–water partition coefficient (Wildman–Crippen LogP) is 8.09. The largest absolute Gasteiger partial charge is 0.457 e. The summed E-state index contributed by atoms with van der Waals surface area (Å²) in [6, 6.07) is 34.5. The average Bonchev–Trinajstić information content (AvgIpc) is 3.90. The normalized spacial score (nSPS) is 14.3. The van der Waals surface area contributed by atoms with Gasteiger partial charge >= 0.3 is 0 Å². The molecule has 10 rings (SSSR count). The van der Waals surface area contributed by atoms with Crippen molar-refractivity contribution < 1.29 is 19.1 Å². The molecule has 64 heavy (non-hydrogen) atoms. The fourth-order valence-corrected chi connectivity index (χ4v) is 7.84. The van der Waals surface area contributed by atoms with E-state index in [1.165, 1.54) is 0 Å². The number of likely N-dealkylation sites (N-methyl/N-ethyl adjacent to an activating group) is 1. The molecule has 2 aliphatic rings. The van der Waals surface area contributed by atoms with E-state index in [0.717, 1.165) is 46.0 Å². The molecule has 318 valence electrons. The average molecular weight is 849 g/mol. The minimum atomic E-state index is -0.154. The number of hydrogen-bond donors (Lipinski definition) is 0. The first-order valence-electron chi connectivity index (χ1n) is 21.1. The minimum Gasteiger partial charge on any atom is -0.457 e. The van der Waals surface area contributed by atoms with Gasteiger partial charge in [-0.2, -0.15) is 5.10 Å². The number of nitrogens with zero attached hydrogens (tertiary/aromatic N) is 10. The van der Waals surface area contributed by atoms with Crippen LogP contribution < -0.4 is 9.47 Å². The van der Waals surface area contributed by atoms with E-state index >= 15 is 0 Å². The van der Waals surface area contributed by atoms with Crippen LogP contribution in [-0.2, 0) is 9.59 Å². The SMILES string of the molecule is C=C(C(=O)N1CC(n2ncc3ncc(-c4ccc(Oc5ccccc5)cc4)nc32)C1)c1cccc(Oc2ccc(-c3cnc4ccn(C5CN(C(=O)/C=C/CN(C)C)C5)c4n3)cc2)c1. The number of fused-ring (bicyclic) bond motifs is 2. The number of hydrogen-bond acceptors (Lipinski definition) is 10. The van der Waals surface area contributed by atoms with Crippen molar-refractivity contribution in [1.29, 1.82) is 0 Å². The monoisotopic (exact) mass is 848 g/mol. The van der Waals surface area contributed by atoms with E-state index in [-0.39, 0.29) is 23.9 Å². The van der Waals surface area contributed by atoms with Crippen LogP contribution in [0.2, 0.25) is 0 Å². The standard InChI is InChI=1S/C50H44N10O4/c1-33(50(62)58-31-38(32-58)60-49-46(28-53-60)52-27-45(55-49)35-14-18-40(19-15-35)63-39-10-5-4-6-11-39)36-9-7-12-42(25-36)64-41-20-16-34(17-21-41)44-26-51-43-22-24-59(48(43)54-44)37-29-57(30-37)47(61)13-8-23-56(2)3/h4-22,24-28,37-38H,1,23,29-32H2,2-3H3/b13-8+. The van der Waals surface area contributed by atoms with Gasteiger partial charge in [0, 0.05) is 61.7 Å². The summed E-state index contributed by atoms with van der Waals surface area (Å²) in [6.45, 7) is 7.07. The molecule has 0 atom stereocenters. The van der Waals surface area contributed by atoms with Crippen LogP contribution in [0.15, 0.2) is 153 Å². The molecule has 14 heteroatoms. The molecular weight excluding hydrogens is 805 g/mol. The van der Waals surface area contributed by atoms with Gasteiger partial charge in [0.25, 0.3) is 5.91 Å². The molecule has 0 unspecified atom stereocenters. The molecule has 14 nitrogen and oxygen atoms in total. The van der Waals surface area contributed by atoms with Crippen LogP contribution in [0.25, 0.3) is 50.4 Å². The summed E-state index contributed by atoms with van der Waals surface area (Å²) in [4.78, 5) is 51.0. The summed E-state index contributed by atoms with van der Waals surface area (Å²) in [7, 11) is 3.94. The lowest BCUT2D eigenvalue weighted by Crippen LogP contribution is -2.51. The van der Waals surface area contributed by atoms with Crippen molar-refractivity contribution in [1.82, 2.24) is 49.0 Å². The Labute approximate surface area is 369 Å². The number of likely N-dealkylation sites (tertiary alicyclic amines) is 2. The molecule has 2 amide bonds. The highest BCUT2D eigenvalue weighted by Crippen LogP contribution is 2.33. The van der Waals surface area contributed by atoms with Gasteiger partial charge < -0.3 is 28.7 Å². The van der Waals surface area contributed by atoms with Crippen molar-refractivity contribution in [2.75, 3.05) is 46.8 Å². The van der Waals surface area contributed by atoms with E-state index < -0.39 is 0 Å². The van der Waals surface area contributed by atoms with Crippen LogP contribution in [0, 0.1) is 0 Å². The summed E-state index contributed by atoms with van der Waals surface area (Å²) in [5.41, 5.74) is 7.23. The van der Waals surface area contributed by atoms with Gasteiger partial charge in [-0.25, -0.2) is 19.6 Å². The van der Waals surface area contributed by atoms with Crippen molar-refractivity contribution in [2.45, 2.75) is 12.1 Å². The molecule has 8 aromatic rings. The molecule has 0 bridgehead atoms. The summed E-state index contributed by atoms with van der Waals surface area (Å²) >= 11 is 0. The Hall–Kier alpha value is -7.97. The van der Waals surface area contributed by atoms with Crippen LogP contribution in [0.1, 0.15) is 17.6 Å². The lowest BCUT2D eigenvalue weighted by Gasteiger charge is -2.39. The maximum Gasteiger partial charge on any atom is 0.254 e. The molecule has 6 heterocycles. The van der Waals surface area contributed by atoms with E-state index in [1.54, 1.807) is 29.6 Å². The van der Waals surface area contributed by atoms with Gasteiger partial charge in [0.05, 0.1) is 42.1 Å². The number of ether oxygens (including phenoxy) is 2. The van der Waals surface area contributed by atoms with Crippen molar-refractivity contribution in [3.8, 4) is 45.5 Å². The highest BCUT2D eigenvalue weighted by atomic mass is 16.5. The van der Waals surface area contributed by atoms with Crippen LogP contribution in [0.3, 0.4) is 0 Å². The van der Waals surface area contributed by atoms with Crippen molar-refractivity contribution in [3.05, 3.63) is 158 Å². The maximum atomic E-state index is 13.7. The van der Waals surface area contributed by atoms with E-state index in [9.17, 15) is 9.59 Å². The van der Waals surface area contributed by atoms with Gasteiger partial charge in [0.15, 0.2) is 11.3 Å². The van der Waals surface area contributed by atoms with Gasteiger partial charge in [-0.1, -0.05) is 43.0 Å². The smallest absolute Gasteiger partial charge is 0.254 e. The topological polar surface area (TPSA) is 137 Å². The number of amides is 2. The zero-order valence-electron chi connectivity index (χ0n) is 35.4. The number of carbonyl (C=O) groups is 2. The number of benzene rings is 4. The Morgan fingerprint density at radius 3 is 1.98 bits per heavy atom. The Morgan fingerprint density at radius 2 is 1.30 bits per heavy atom. The minimum absolute atomic E-state index is 0.0238. The fourth-order valence-electron chi connectivity index (χ4n) is 7.84. The second kappa shape index (κ2) is 17.1. The van der Waals surface area contributed by atoms with E-state index in [0.29, 0.717) is 65.7 Å². The summed E-state index contributed by atoms with van der Waals surface area (Å²) in [5, 5.41) is 4.60.